The minimum atomic E-state index is -1.63. The average Bonchev–Trinajstić information content (AvgIpc) is 2.70. The van der Waals surface area contributed by atoms with Gasteiger partial charge in [-0.1, -0.05) is 30.3 Å². The van der Waals surface area contributed by atoms with Crippen molar-refractivity contribution in [2.24, 2.45) is 0 Å². The van der Waals surface area contributed by atoms with Gasteiger partial charge >= 0.3 is 0 Å². The Bertz CT molecular complexity index is 1090. The Morgan fingerprint density at radius 3 is 2.45 bits per heavy atom. The van der Waals surface area contributed by atoms with Crippen molar-refractivity contribution in [3.05, 3.63) is 52.7 Å². The van der Waals surface area contributed by atoms with E-state index >= 15 is 0 Å². The van der Waals surface area contributed by atoms with Crippen molar-refractivity contribution < 1.29 is 39.4 Å². The minimum Gasteiger partial charge on any atom is -0.508 e. The molecule has 1 aliphatic rings. The van der Waals surface area contributed by atoms with Gasteiger partial charge in [0, 0.05) is 17.7 Å². The van der Waals surface area contributed by atoms with Crippen LogP contribution in [0.3, 0.4) is 0 Å². The molecule has 0 spiro atoms. The largest absolute Gasteiger partial charge is 0.508 e. The van der Waals surface area contributed by atoms with Crippen LogP contribution in [0, 0.1) is 0 Å². The summed E-state index contributed by atoms with van der Waals surface area (Å²) in [6, 6.07) is 10.6. The third-order valence-electron chi connectivity index (χ3n) is 4.64. The van der Waals surface area contributed by atoms with Crippen LogP contribution in [0.15, 0.2) is 51.7 Å². The van der Waals surface area contributed by atoms with Crippen LogP contribution in [0.1, 0.15) is 0 Å². The molecule has 5 N–H and O–H groups in total. The molecule has 0 saturated carbocycles. The van der Waals surface area contributed by atoms with Gasteiger partial charge < -0.3 is 39.4 Å². The van der Waals surface area contributed by atoms with Crippen LogP contribution < -0.4 is 10.2 Å². The molecule has 1 aromatic heterocycles. The SMILES string of the molecule is O=c1c(O[C@@H]2OC[C@H](O)[C@H](O)[C@H]2O)c(-c2ccccc2)oc2cc(O)cc(O)c12. The summed E-state index contributed by atoms with van der Waals surface area (Å²) < 4.78 is 16.5. The van der Waals surface area contributed by atoms with Crippen molar-refractivity contribution >= 4 is 11.0 Å². The molecule has 0 unspecified atom stereocenters. The Morgan fingerprint density at radius 2 is 1.72 bits per heavy atom. The quantitative estimate of drug-likeness (QED) is 0.426. The molecule has 29 heavy (non-hydrogen) atoms. The standard InChI is InChI=1S/C20H18O9/c21-10-6-11(22)14-13(7-10)28-18(9-4-2-1-3-5-9)19(16(14)25)29-20-17(26)15(24)12(23)8-27-20/h1-7,12,15,17,20-24,26H,8H2/t12-,15-,17+,20-/m0/s1. The molecule has 9 nitrogen and oxygen atoms in total. The number of phenols is 2. The van der Waals surface area contributed by atoms with Gasteiger partial charge in [0.1, 0.15) is 40.8 Å². The van der Waals surface area contributed by atoms with Gasteiger partial charge in [0.15, 0.2) is 5.76 Å². The Hall–Kier alpha value is -3.11. The normalized spacial score (nSPS) is 24.5. The second-order valence-electron chi connectivity index (χ2n) is 6.66. The van der Waals surface area contributed by atoms with E-state index in [-0.39, 0.29) is 34.8 Å². The Morgan fingerprint density at radius 1 is 1.00 bits per heavy atom. The molecule has 1 saturated heterocycles. The van der Waals surface area contributed by atoms with E-state index in [2.05, 4.69) is 0 Å². The highest BCUT2D eigenvalue weighted by Crippen LogP contribution is 2.36. The van der Waals surface area contributed by atoms with Crippen molar-refractivity contribution in [3.8, 4) is 28.6 Å². The van der Waals surface area contributed by atoms with Crippen molar-refractivity contribution in [3.63, 3.8) is 0 Å². The van der Waals surface area contributed by atoms with Gasteiger partial charge in [-0.05, 0) is 0 Å². The molecule has 0 bridgehead atoms. The van der Waals surface area contributed by atoms with E-state index in [4.69, 9.17) is 13.9 Å². The molecule has 2 heterocycles. The van der Waals surface area contributed by atoms with Crippen molar-refractivity contribution in [2.45, 2.75) is 24.6 Å². The fourth-order valence-corrected chi connectivity index (χ4v) is 3.15. The molecule has 2 aromatic carbocycles. The number of aliphatic hydroxyl groups excluding tert-OH is 3. The maximum atomic E-state index is 13.1. The molecule has 0 amide bonds. The molecule has 3 aromatic rings. The topological polar surface area (TPSA) is 150 Å². The molecule has 1 aliphatic heterocycles. The maximum Gasteiger partial charge on any atom is 0.239 e. The van der Waals surface area contributed by atoms with Gasteiger partial charge in [-0.25, -0.2) is 0 Å². The lowest BCUT2D eigenvalue weighted by molar-refractivity contribution is -0.242. The molecule has 1 fully saturated rings. The van der Waals surface area contributed by atoms with E-state index in [0.29, 0.717) is 5.56 Å². The minimum absolute atomic E-state index is 0.0236. The summed E-state index contributed by atoms with van der Waals surface area (Å²) >= 11 is 0. The van der Waals surface area contributed by atoms with Gasteiger partial charge in [-0.2, -0.15) is 0 Å². The van der Waals surface area contributed by atoms with Gasteiger partial charge in [0.25, 0.3) is 0 Å². The summed E-state index contributed by atoms with van der Waals surface area (Å²) in [7, 11) is 0. The Balaban J connectivity index is 1.89. The van der Waals surface area contributed by atoms with E-state index in [9.17, 15) is 30.3 Å². The van der Waals surface area contributed by atoms with Crippen molar-refractivity contribution in [2.75, 3.05) is 6.61 Å². The smallest absolute Gasteiger partial charge is 0.239 e. The number of fused-ring (bicyclic) bond motifs is 1. The zero-order valence-corrected chi connectivity index (χ0v) is 14.9. The second kappa shape index (κ2) is 7.37. The molecule has 0 radical (unpaired) electrons. The zero-order valence-electron chi connectivity index (χ0n) is 14.9. The molecule has 9 heteroatoms. The van der Waals surface area contributed by atoms with Crippen LogP contribution in [0.4, 0.5) is 0 Å². The first-order valence-corrected chi connectivity index (χ1v) is 8.77. The molecule has 4 rings (SSSR count). The predicted octanol–water partition coefficient (Wildman–Crippen LogP) is 0.689. The fraction of sp³-hybridized carbons (Fsp3) is 0.250. The van der Waals surface area contributed by atoms with Crippen LogP contribution in [0.2, 0.25) is 0 Å². The lowest BCUT2D eigenvalue weighted by atomic mass is 10.1. The molecular weight excluding hydrogens is 384 g/mol. The lowest BCUT2D eigenvalue weighted by Gasteiger charge is -2.34. The van der Waals surface area contributed by atoms with Gasteiger partial charge in [-0.3, -0.25) is 4.79 Å². The first kappa shape index (κ1) is 19.2. The summed E-state index contributed by atoms with van der Waals surface area (Å²) in [5, 5.41) is 49.2. The lowest BCUT2D eigenvalue weighted by Crippen LogP contribution is -2.55. The highest BCUT2D eigenvalue weighted by molar-refractivity contribution is 5.88. The molecule has 152 valence electrons. The van der Waals surface area contributed by atoms with Crippen molar-refractivity contribution in [1.82, 2.24) is 0 Å². The van der Waals surface area contributed by atoms with Crippen LogP contribution in [-0.4, -0.2) is 56.7 Å². The predicted molar refractivity (Wildman–Crippen MR) is 99.6 cm³/mol. The van der Waals surface area contributed by atoms with E-state index in [0.717, 1.165) is 6.07 Å². The highest BCUT2D eigenvalue weighted by Gasteiger charge is 2.40. The highest BCUT2D eigenvalue weighted by atomic mass is 16.7. The Kier molecular flexibility index (Phi) is 4.89. The summed E-state index contributed by atoms with van der Waals surface area (Å²) in [4.78, 5) is 13.1. The van der Waals surface area contributed by atoms with Gasteiger partial charge in [0.2, 0.25) is 17.5 Å². The molecular formula is C20H18O9. The van der Waals surface area contributed by atoms with Crippen LogP contribution in [0.25, 0.3) is 22.3 Å². The van der Waals surface area contributed by atoms with Gasteiger partial charge in [0.05, 0.1) is 6.61 Å². The maximum absolute atomic E-state index is 13.1. The monoisotopic (exact) mass is 402 g/mol. The number of hydrogen-bond donors (Lipinski definition) is 5. The van der Waals surface area contributed by atoms with Crippen molar-refractivity contribution in [1.29, 1.82) is 0 Å². The molecule has 4 atom stereocenters. The third-order valence-corrected chi connectivity index (χ3v) is 4.64. The first-order chi connectivity index (χ1) is 13.9. The second-order valence-corrected chi connectivity index (χ2v) is 6.66. The zero-order chi connectivity index (χ0) is 20.7. The summed E-state index contributed by atoms with van der Waals surface area (Å²) in [5.74, 6) is -1.20. The number of rotatable bonds is 3. The Labute approximate surface area is 163 Å². The first-order valence-electron chi connectivity index (χ1n) is 8.77. The number of aliphatic hydroxyl groups is 3. The molecule has 0 aliphatic carbocycles. The number of benzene rings is 2. The fourth-order valence-electron chi connectivity index (χ4n) is 3.15. The van der Waals surface area contributed by atoms with E-state index in [1.807, 2.05) is 0 Å². The van der Waals surface area contributed by atoms with Gasteiger partial charge in [-0.15, -0.1) is 0 Å². The summed E-state index contributed by atoms with van der Waals surface area (Å²) in [6.45, 7) is -0.318. The third kappa shape index (κ3) is 3.40. The van der Waals surface area contributed by atoms with Crippen LogP contribution in [-0.2, 0) is 4.74 Å². The van der Waals surface area contributed by atoms with E-state index < -0.39 is 35.8 Å². The number of ether oxygens (including phenoxy) is 2. The number of phenolic OH excluding ortho intramolecular Hbond substituents is 2. The van der Waals surface area contributed by atoms with E-state index in [1.54, 1.807) is 30.3 Å². The van der Waals surface area contributed by atoms with Crippen LogP contribution >= 0.6 is 0 Å². The number of aromatic hydroxyl groups is 2. The average molecular weight is 402 g/mol. The van der Waals surface area contributed by atoms with Crippen LogP contribution in [0.5, 0.6) is 17.2 Å². The summed E-state index contributed by atoms with van der Waals surface area (Å²) in [5.41, 5.74) is -0.381. The van der Waals surface area contributed by atoms with E-state index in [1.165, 1.54) is 6.07 Å². The number of hydrogen-bond acceptors (Lipinski definition) is 9. The summed E-state index contributed by atoms with van der Waals surface area (Å²) in [6.07, 6.45) is -5.94.